The van der Waals surface area contributed by atoms with E-state index in [0.717, 1.165) is 11.8 Å². The van der Waals surface area contributed by atoms with Crippen LogP contribution in [-0.4, -0.2) is 11.0 Å². The van der Waals surface area contributed by atoms with Gasteiger partial charge >= 0.3 is 6.18 Å². The highest BCUT2D eigenvalue weighted by molar-refractivity contribution is 9.10. The van der Waals surface area contributed by atoms with Crippen LogP contribution < -0.4 is 5.32 Å². The number of alkyl halides is 3. The molecule has 0 aliphatic rings. The monoisotopic (exact) mass is 378 g/mol. The normalized spacial score (nSPS) is 12.1. The van der Waals surface area contributed by atoms with Crippen LogP contribution in [-0.2, 0) is 12.7 Å². The highest BCUT2D eigenvalue weighted by atomic mass is 79.9. The highest BCUT2D eigenvalue weighted by Crippen LogP contribution is 2.39. The predicted molar refractivity (Wildman–Crippen MR) is 82.2 cm³/mol. The van der Waals surface area contributed by atoms with Gasteiger partial charge in [0.05, 0.1) is 11.3 Å². The van der Waals surface area contributed by atoms with Crippen LogP contribution in [0.4, 0.5) is 13.2 Å². The summed E-state index contributed by atoms with van der Waals surface area (Å²) in [5, 5.41) is 5.36. The van der Waals surface area contributed by atoms with Gasteiger partial charge in [-0.25, -0.2) is 4.98 Å². The number of thiazole rings is 1. The lowest BCUT2D eigenvalue weighted by Crippen LogP contribution is -2.21. The molecule has 0 radical (unpaired) electrons. The van der Waals surface area contributed by atoms with E-state index in [-0.39, 0.29) is 5.56 Å². The quantitative estimate of drug-likeness (QED) is 0.801. The van der Waals surface area contributed by atoms with Crippen molar-refractivity contribution in [1.29, 1.82) is 0 Å². The molecule has 7 heteroatoms. The molecule has 21 heavy (non-hydrogen) atoms. The summed E-state index contributed by atoms with van der Waals surface area (Å²) in [5.74, 6) is 0. The van der Waals surface area contributed by atoms with Crippen molar-refractivity contribution in [1.82, 2.24) is 10.3 Å². The number of hydrogen-bond acceptors (Lipinski definition) is 3. The summed E-state index contributed by atoms with van der Waals surface area (Å²) in [7, 11) is 0. The molecule has 0 fully saturated rings. The summed E-state index contributed by atoms with van der Waals surface area (Å²) in [4.78, 5) is 4.30. The van der Waals surface area contributed by atoms with Crippen molar-refractivity contribution in [3.8, 4) is 10.6 Å². The number of rotatable bonds is 4. The van der Waals surface area contributed by atoms with E-state index in [0.29, 0.717) is 22.1 Å². The lowest BCUT2D eigenvalue weighted by Gasteiger charge is -2.11. The fraction of sp³-hybridized carbons (Fsp3) is 0.357. The van der Waals surface area contributed by atoms with E-state index in [4.69, 9.17) is 0 Å². The molecule has 0 saturated carbocycles. The number of halogens is 4. The molecule has 2 aromatic rings. The molecule has 1 aromatic carbocycles. The van der Waals surface area contributed by atoms with Crippen molar-refractivity contribution in [2.24, 2.45) is 0 Å². The van der Waals surface area contributed by atoms with Crippen LogP contribution in [0.5, 0.6) is 0 Å². The predicted octanol–water partition coefficient (Wildman–Crippen LogP) is 5.09. The second-order valence-corrected chi connectivity index (χ2v) is 6.64. The molecule has 0 unspecified atom stereocenters. The molecule has 0 spiro atoms. The third-order valence-electron chi connectivity index (χ3n) is 2.76. The van der Waals surface area contributed by atoms with Gasteiger partial charge in [-0.15, -0.1) is 11.3 Å². The van der Waals surface area contributed by atoms with E-state index in [1.807, 2.05) is 13.8 Å². The van der Waals surface area contributed by atoms with Crippen molar-refractivity contribution in [3.05, 3.63) is 39.3 Å². The van der Waals surface area contributed by atoms with E-state index in [9.17, 15) is 13.2 Å². The maximum absolute atomic E-state index is 13.1. The first-order valence-corrected chi connectivity index (χ1v) is 7.99. The molecular weight excluding hydrogens is 365 g/mol. The third kappa shape index (κ3) is 4.28. The number of aromatic nitrogens is 1. The third-order valence-corrected chi connectivity index (χ3v) is 4.18. The Morgan fingerprint density at radius 1 is 1.33 bits per heavy atom. The first-order valence-electron chi connectivity index (χ1n) is 6.32. The molecule has 1 N–H and O–H groups in total. The Morgan fingerprint density at radius 3 is 2.67 bits per heavy atom. The van der Waals surface area contributed by atoms with Crippen molar-refractivity contribution in [2.75, 3.05) is 0 Å². The highest BCUT2D eigenvalue weighted by Gasteiger charge is 2.34. The molecule has 114 valence electrons. The van der Waals surface area contributed by atoms with Crippen LogP contribution in [0.25, 0.3) is 10.6 Å². The largest absolute Gasteiger partial charge is 0.417 e. The van der Waals surface area contributed by atoms with Crippen molar-refractivity contribution >= 4 is 27.3 Å². The summed E-state index contributed by atoms with van der Waals surface area (Å²) in [6.45, 7) is 4.56. The Morgan fingerprint density at radius 2 is 2.05 bits per heavy atom. The summed E-state index contributed by atoms with van der Waals surface area (Å²) in [6, 6.07) is 4.43. The molecule has 0 saturated heterocycles. The van der Waals surface area contributed by atoms with E-state index in [1.165, 1.54) is 17.4 Å². The summed E-state index contributed by atoms with van der Waals surface area (Å²) >= 11 is 4.30. The Bertz CT molecular complexity index is 623. The van der Waals surface area contributed by atoms with Crippen LogP contribution in [0.1, 0.15) is 25.1 Å². The molecule has 2 nitrogen and oxygen atoms in total. The molecule has 1 heterocycles. The minimum atomic E-state index is -4.40. The fourth-order valence-corrected chi connectivity index (χ4v) is 2.98. The molecule has 1 aromatic heterocycles. The number of benzene rings is 1. The molecule has 2 rings (SSSR count). The smallest absolute Gasteiger partial charge is 0.309 e. The van der Waals surface area contributed by atoms with Gasteiger partial charge in [-0.2, -0.15) is 13.2 Å². The number of nitrogens with zero attached hydrogens (tertiary/aromatic N) is 1. The second-order valence-electron chi connectivity index (χ2n) is 4.87. The summed E-state index contributed by atoms with van der Waals surface area (Å²) in [5.41, 5.74) is 0.195. The zero-order valence-corrected chi connectivity index (χ0v) is 13.9. The molecule has 0 amide bonds. The number of hydrogen-bond donors (Lipinski definition) is 1. The van der Waals surface area contributed by atoms with Crippen LogP contribution in [0.2, 0.25) is 0 Å². The second kappa shape index (κ2) is 6.46. The maximum Gasteiger partial charge on any atom is 0.417 e. The van der Waals surface area contributed by atoms with Crippen molar-refractivity contribution in [3.63, 3.8) is 0 Å². The first kappa shape index (κ1) is 16.5. The number of nitrogens with one attached hydrogen (secondary N) is 1. The molecular formula is C14H14BrF3N2S. The van der Waals surface area contributed by atoms with Crippen LogP contribution in [0, 0.1) is 0 Å². The lowest BCUT2D eigenvalue weighted by atomic mass is 10.1. The van der Waals surface area contributed by atoms with Gasteiger partial charge in [-0.05, 0) is 12.1 Å². The molecule has 0 bridgehead atoms. The van der Waals surface area contributed by atoms with Gasteiger partial charge in [0.1, 0.15) is 5.01 Å². The van der Waals surface area contributed by atoms with Gasteiger partial charge in [0.2, 0.25) is 0 Å². The van der Waals surface area contributed by atoms with Gasteiger partial charge in [-0.1, -0.05) is 35.8 Å². The minimum Gasteiger partial charge on any atom is -0.309 e. The van der Waals surface area contributed by atoms with Crippen LogP contribution in [0.3, 0.4) is 0 Å². The topological polar surface area (TPSA) is 24.9 Å². The zero-order chi connectivity index (χ0) is 15.6. The Kier molecular flexibility index (Phi) is 5.06. The Labute approximate surface area is 133 Å². The molecule has 0 aliphatic carbocycles. The van der Waals surface area contributed by atoms with E-state index in [1.54, 1.807) is 11.4 Å². The Balaban J connectivity index is 2.34. The first-order chi connectivity index (χ1) is 9.77. The maximum atomic E-state index is 13.1. The van der Waals surface area contributed by atoms with Crippen molar-refractivity contribution < 1.29 is 13.2 Å². The van der Waals surface area contributed by atoms with Gasteiger partial charge in [0.15, 0.2) is 0 Å². The lowest BCUT2D eigenvalue weighted by molar-refractivity contribution is -0.137. The molecule has 0 atom stereocenters. The summed E-state index contributed by atoms with van der Waals surface area (Å²) < 4.78 is 39.8. The molecule has 0 aliphatic heterocycles. The zero-order valence-electron chi connectivity index (χ0n) is 11.5. The van der Waals surface area contributed by atoms with Crippen LogP contribution in [0.15, 0.2) is 28.1 Å². The van der Waals surface area contributed by atoms with E-state index >= 15 is 0 Å². The standard InChI is InChI=1S/C14H14BrF3N2S/c1-8(2)19-6-10-7-21-13(20-10)11-4-3-9(15)5-12(11)14(16,17)18/h3-5,7-8,19H,6H2,1-2H3. The van der Waals surface area contributed by atoms with Gasteiger partial charge < -0.3 is 5.32 Å². The van der Waals surface area contributed by atoms with Crippen LogP contribution >= 0.6 is 27.3 Å². The Hall–Kier alpha value is -0.920. The average Bonchev–Trinajstić information content (AvgIpc) is 2.84. The SMILES string of the molecule is CC(C)NCc1csc(-c2ccc(Br)cc2C(F)(F)F)n1. The van der Waals surface area contributed by atoms with Crippen molar-refractivity contribution in [2.45, 2.75) is 32.6 Å². The fourth-order valence-electron chi connectivity index (χ4n) is 1.76. The minimum absolute atomic E-state index is 0.117. The summed E-state index contributed by atoms with van der Waals surface area (Å²) in [6.07, 6.45) is -4.40. The van der Waals surface area contributed by atoms with Gasteiger partial charge in [0.25, 0.3) is 0 Å². The van der Waals surface area contributed by atoms with E-state index in [2.05, 4.69) is 26.2 Å². The van der Waals surface area contributed by atoms with E-state index < -0.39 is 11.7 Å². The average molecular weight is 379 g/mol. The van der Waals surface area contributed by atoms with Gasteiger partial charge in [-0.3, -0.25) is 0 Å². The van der Waals surface area contributed by atoms with Gasteiger partial charge in [0, 0.05) is 28.0 Å².